The van der Waals surface area contributed by atoms with E-state index in [1.165, 1.54) is 6.07 Å². The summed E-state index contributed by atoms with van der Waals surface area (Å²) in [7, 11) is 0. The Morgan fingerprint density at radius 2 is 1.91 bits per heavy atom. The minimum atomic E-state index is -0.762. The number of aliphatic hydroxyl groups excluding tert-OH is 1. The van der Waals surface area contributed by atoms with Crippen molar-refractivity contribution in [3.8, 4) is 5.75 Å². The number of ether oxygens (including phenoxy) is 1. The van der Waals surface area contributed by atoms with Gasteiger partial charge in [0.15, 0.2) is 17.7 Å². The number of nitrogens with one attached hydrogen (secondary N) is 1. The van der Waals surface area contributed by atoms with Crippen LogP contribution in [0.4, 0.5) is 4.39 Å². The topological polar surface area (TPSA) is 58.6 Å². The molecule has 1 amide bonds. The third-order valence-electron chi connectivity index (χ3n) is 4.51. The van der Waals surface area contributed by atoms with Crippen molar-refractivity contribution in [1.82, 2.24) is 5.32 Å². The number of fused-ring (bicyclic) bond motifs is 2. The van der Waals surface area contributed by atoms with Gasteiger partial charge >= 0.3 is 0 Å². The lowest BCUT2D eigenvalue weighted by molar-refractivity contribution is -0.128. The zero-order valence-corrected chi connectivity index (χ0v) is 12.3. The Kier molecular flexibility index (Phi) is 3.31. The monoisotopic (exact) mass is 313 g/mol. The van der Waals surface area contributed by atoms with Gasteiger partial charge in [-0.3, -0.25) is 4.79 Å². The van der Waals surface area contributed by atoms with Crippen LogP contribution in [-0.4, -0.2) is 23.2 Å². The summed E-state index contributed by atoms with van der Waals surface area (Å²) in [5.41, 5.74) is 2.65. The third-order valence-corrected chi connectivity index (χ3v) is 4.51. The van der Waals surface area contributed by atoms with Gasteiger partial charge in [0.1, 0.15) is 0 Å². The van der Waals surface area contributed by atoms with Crippen LogP contribution in [-0.2, 0) is 17.6 Å². The molecule has 3 atom stereocenters. The number of benzene rings is 2. The second kappa shape index (κ2) is 5.35. The molecular weight excluding hydrogens is 297 g/mol. The van der Waals surface area contributed by atoms with Crippen LogP contribution < -0.4 is 10.1 Å². The van der Waals surface area contributed by atoms with Crippen molar-refractivity contribution in [1.29, 1.82) is 0 Å². The van der Waals surface area contributed by atoms with Crippen LogP contribution in [0.3, 0.4) is 0 Å². The smallest absolute Gasteiger partial charge is 0.262 e. The summed E-state index contributed by atoms with van der Waals surface area (Å²) in [6.07, 6.45) is -0.566. The van der Waals surface area contributed by atoms with Crippen LogP contribution in [0.15, 0.2) is 42.5 Å². The van der Waals surface area contributed by atoms with Crippen molar-refractivity contribution in [3.05, 3.63) is 65.0 Å². The highest BCUT2D eigenvalue weighted by Gasteiger charge is 2.36. The lowest BCUT2D eigenvalue weighted by Gasteiger charge is -2.20. The van der Waals surface area contributed by atoms with E-state index in [1.807, 2.05) is 24.3 Å². The van der Waals surface area contributed by atoms with Crippen LogP contribution in [0.5, 0.6) is 5.75 Å². The van der Waals surface area contributed by atoms with Gasteiger partial charge < -0.3 is 15.2 Å². The first-order valence-corrected chi connectivity index (χ1v) is 7.64. The molecule has 1 aliphatic heterocycles. The van der Waals surface area contributed by atoms with Gasteiger partial charge in [-0.25, -0.2) is 4.39 Å². The first kappa shape index (κ1) is 14.2. The van der Waals surface area contributed by atoms with Crippen molar-refractivity contribution in [2.45, 2.75) is 31.1 Å². The fraction of sp³-hybridized carbons (Fsp3) is 0.278. The third kappa shape index (κ3) is 2.37. The average Bonchev–Trinajstić information content (AvgIpc) is 3.10. The van der Waals surface area contributed by atoms with E-state index >= 15 is 0 Å². The molecule has 0 radical (unpaired) electrons. The molecule has 0 saturated carbocycles. The molecule has 2 N–H and O–H groups in total. The quantitative estimate of drug-likeness (QED) is 0.890. The Morgan fingerprint density at radius 3 is 2.74 bits per heavy atom. The van der Waals surface area contributed by atoms with Gasteiger partial charge in [-0.15, -0.1) is 0 Å². The molecule has 0 spiro atoms. The molecule has 2 aromatic carbocycles. The highest BCUT2D eigenvalue weighted by Crippen LogP contribution is 2.34. The Labute approximate surface area is 132 Å². The first-order valence-electron chi connectivity index (χ1n) is 7.64. The number of amides is 1. The van der Waals surface area contributed by atoms with E-state index in [0.29, 0.717) is 18.4 Å². The Balaban J connectivity index is 1.51. The van der Waals surface area contributed by atoms with Gasteiger partial charge in [-0.1, -0.05) is 36.4 Å². The minimum absolute atomic E-state index is 0.153. The molecule has 118 valence electrons. The Morgan fingerprint density at radius 1 is 1.13 bits per heavy atom. The van der Waals surface area contributed by atoms with E-state index in [9.17, 15) is 14.3 Å². The number of carbonyl (C=O) groups is 1. The summed E-state index contributed by atoms with van der Waals surface area (Å²) in [6.45, 7) is 0. The molecule has 0 aromatic heterocycles. The van der Waals surface area contributed by atoms with Crippen LogP contribution in [0, 0.1) is 5.82 Å². The van der Waals surface area contributed by atoms with Crippen LogP contribution in [0.2, 0.25) is 0 Å². The summed E-state index contributed by atoms with van der Waals surface area (Å²) in [5.74, 6) is -0.634. The van der Waals surface area contributed by atoms with Gasteiger partial charge in [0.2, 0.25) is 0 Å². The maximum atomic E-state index is 13.7. The van der Waals surface area contributed by atoms with E-state index in [4.69, 9.17) is 4.74 Å². The number of halogens is 1. The standard InChI is InChI=1S/C18H16FNO3/c19-13-7-3-5-11-9-15(23-17(11)13)18(22)20-16-12-6-2-1-4-10(12)8-14(16)21/h1-7,14-16,21H,8-9H2,(H,20,22). The van der Waals surface area contributed by atoms with E-state index in [1.54, 1.807) is 12.1 Å². The van der Waals surface area contributed by atoms with E-state index < -0.39 is 24.1 Å². The van der Waals surface area contributed by atoms with Gasteiger partial charge in [-0.2, -0.15) is 0 Å². The van der Waals surface area contributed by atoms with Crippen molar-refractivity contribution >= 4 is 5.91 Å². The fourth-order valence-electron chi connectivity index (χ4n) is 3.37. The zero-order chi connectivity index (χ0) is 16.0. The molecule has 5 heteroatoms. The Bertz CT molecular complexity index is 777. The van der Waals surface area contributed by atoms with Crippen molar-refractivity contribution < 1.29 is 19.0 Å². The number of rotatable bonds is 2. The second-order valence-electron chi connectivity index (χ2n) is 6.00. The molecule has 0 saturated heterocycles. The predicted octanol–water partition coefficient (Wildman–Crippen LogP) is 1.90. The SMILES string of the molecule is O=C(NC1c2ccccc2CC1O)C1Cc2cccc(F)c2O1. The van der Waals surface area contributed by atoms with E-state index in [0.717, 1.165) is 11.1 Å². The molecule has 1 aliphatic carbocycles. The highest BCUT2D eigenvalue weighted by molar-refractivity contribution is 5.83. The lowest BCUT2D eigenvalue weighted by atomic mass is 10.1. The van der Waals surface area contributed by atoms with Crippen LogP contribution in [0.1, 0.15) is 22.7 Å². The van der Waals surface area contributed by atoms with Crippen LogP contribution in [0.25, 0.3) is 0 Å². The van der Waals surface area contributed by atoms with E-state index in [-0.39, 0.29) is 11.7 Å². The molecule has 2 aliphatic rings. The number of para-hydroxylation sites is 1. The van der Waals surface area contributed by atoms with Gasteiger partial charge in [0.05, 0.1) is 12.1 Å². The zero-order valence-electron chi connectivity index (χ0n) is 12.3. The minimum Gasteiger partial charge on any atom is -0.477 e. The number of carbonyl (C=O) groups excluding carboxylic acids is 1. The summed E-state index contributed by atoms with van der Waals surface area (Å²) >= 11 is 0. The van der Waals surface area contributed by atoms with Gasteiger partial charge in [0, 0.05) is 18.4 Å². The maximum Gasteiger partial charge on any atom is 0.262 e. The van der Waals surface area contributed by atoms with Crippen LogP contribution >= 0.6 is 0 Å². The molecule has 1 heterocycles. The molecule has 4 nitrogen and oxygen atoms in total. The highest BCUT2D eigenvalue weighted by atomic mass is 19.1. The fourth-order valence-corrected chi connectivity index (χ4v) is 3.37. The normalized spacial score (nSPS) is 24.7. The number of aliphatic hydroxyl groups is 1. The summed E-state index contributed by atoms with van der Waals surface area (Å²) in [4.78, 5) is 12.5. The van der Waals surface area contributed by atoms with Crippen molar-refractivity contribution in [3.63, 3.8) is 0 Å². The summed E-state index contributed by atoms with van der Waals surface area (Å²) in [6, 6.07) is 11.9. The molecule has 4 rings (SSSR count). The van der Waals surface area contributed by atoms with Gasteiger partial charge in [-0.05, 0) is 17.2 Å². The molecule has 0 bridgehead atoms. The van der Waals surface area contributed by atoms with E-state index in [2.05, 4.69) is 5.32 Å². The summed E-state index contributed by atoms with van der Waals surface area (Å²) < 4.78 is 19.2. The number of hydrogen-bond acceptors (Lipinski definition) is 3. The average molecular weight is 313 g/mol. The predicted molar refractivity (Wildman–Crippen MR) is 81.6 cm³/mol. The van der Waals surface area contributed by atoms with Gasteiger partial charge in [0.25, 0.3) is 5.91 Å². The first-order chi connectivity index (χ1) is 11.1. The number of hydrogen-bond donors (Lipinski definition) is 2. The lowest BCUT2D eigenvalue weighted by Crippen LogP contribution is -2.42. The second-order valence-corrected chi connectivity index (χ2v) is 6.00. The maximum absolute atomic E-state index is 13.7. The Hall–Kier alpha value is -2.40. The molecule has 2 aromatic rings. The molecule has 0 fully saturated rings. The molecule has 23 heavy (non-hydrogen) atoms. The molecule has 3 unspecified atom stereocenters. The molecular formula is C18H16FNO3. The van der Waals surface area contributed by atoms with Crippen molar-refractivity contribution in [2.24, 2.45) is 0 Å². The van der Waals surface area contributed by atoms with Crippen molar-refractivity contribution in [2.75, 3.05) is 0 Å². The summed E-state index contributed by atoms with van der Waals surface area (Å²) in [5, 5.41) is 13.0. The largest absolute Gasteiger partial charge is 0.477 e.